The van der Waals surface area contributed by atoms with Crippen molar-refractivity contribution in [2.24, 2.45) is 0 Å². The maximum atomic E-state index is 12.0. The highest BCUT2D eigenvalue weighted by molar-refractivity contribution is 7.92. The standard InChI is InChI=1S/C12H15NO2S/c14-16(15)8-7-13-12-10-4-2-1-3-9(10)5-6-11(12)16/h1-4,11-13H,5-8H2. The molecule has 0 spiro atoms. The van der Waals surface area contributed by atoms with Gasteiger partial charge in [-0.1, -0.05) is 24.3 Å². The summed E-state index contributed by atoms with van der Waals surface area (Å²) in [5.74, 6) is 0.288. The highest BCUT2D eigenvalue weighted by Crippen LogP contribution is 2.35. The van der Waals surface area contributed by atoms with Gasteiger partial charge in [0.05, 0.1) is 11.0 Å². The largest absolute Gasteiger partial charge is 0.308 e. The van der Waals surface area contributed by atoms with Crippen LogP contribution in [-0.4, -0.2) is 26.0 Å². The van der Waals surface area contributed by atoms with Crippen LogP contribution in [0.4, 0.5) is 0 Å². The minimum atomic E-state index is -2.89. The molecule has 0 amide bonds. The van der Waals surface area contributed by atoms with E-state index >= 15 is 0 Å². The SMILES string of the molecule is O=S1(=O)CCNC2c3ccccc3CCC21. The van der Waals surface area contributed by atoms with Crippen molar-refractivity contribution in [2.75, 3.05) is 12.3 Å². The fourth-order valence-corrected chi connectivity index (χ4v) is 4.71. The number of hydrogen-bond acceptors (Lipinski definition) is 3. The predicted molar refractivity (Wildman–Crippen MR) is 63.1 cm³/mol. The molecule has 3 rings (SSSR count). The molecule has 0 saturated carbocycles. The minimum Gasteiger partial charge on any atom is -0.308 e. The van der Waals surface area contributed by atoms with E-state index in [-0.39, 0.29) is 17.0 Å². The predicted octanol–water partition coefficient (Wildman–Crippen LogP) is 1.06. The normalized spacial score (nSPS) is 31.5. The van der Waals surface area contributed by atoms with Crippen molar-refractivity contribution in [3.05, 3.63) is 35.4 Å². The lowest BCUT2D eigenvalue weighted by atomic mass is 9.87. The lowest BCUT2D eigenvalue weighted by Crippen LogP contribution is -2.48. The summed E-state index contributed by atoms with van der Waals surface area (Å²) in [4.78, 5) is 0. The van der Waals surface area contributed by atoms with Crippen LogP contribution in [0.5, 0.6) is 0 Å². The van der Waals surface area contributed by atoms with Gasteiger partial charge in [-0.25, -0.2) is 8.42 Å². The van der Waals surface area contributed by atoms with Gasteiger partial charge < -0.3 is 5.32 Å². The molecule has 2 atom stereocenters. The number of benzene rings is 1. The molecule has 1 aliphatic carbocycles. The van der Waals surface area contributed by atoms with Gasteiger partial charge in [-0.15, -0.1) is 0 Å². The maximum absolute atomic E-state index is 12.0. The van der Waals surface area contributed by atoms with Crippen LogP contribution in [0.15, 0.2) is 24.3 Å². The molecule has 1 heterocycles. The van der Waals surface area contributed by atoms with Crippen LogP contribution in [0.1, 0.15) is 23.6 Å². The highest BCUT2D eigenvalue weighted by atomic mass is 32.2. The number of hydrogen-bond donors (Lipinski definition) is 1. The van der Waals surface area contributed by atoms with E-state index < -0.39 is 9.84 Å². The molecule has 0 bridgehead atoms. The molecule has 86 valence electrons. The van der Waals surface area contributed by atoms with Crippen LogP contribution in [0.25, 0.3) is 0 Å². The molecule has 3 nitrogen and oxygen atoms in total. The first-order valence-electron chi connectivity index (χ1n) is 5.71. The van der Waals surface area contributed by atoms with Crippen molar-refractivity contribution >= 4 is 9.84 Å². The Balaban J connectivity index is 2.08. The second-order valence-electron chi connectivity index (χ2n) is 4.57. The molecule has 1 aromatic rings. The van der Waals surface area contributed by atoms with Gasteiger partial charge in [0.2, 0.25) is 0 Å². The Kier molecular flexibility index (Phi) is 2.30. The molecular weight excluding hydrogens is 222 g/mol. The lowest BCUT2D eigenvalue weighted by molar-refractivity contribution is 0.435. The van der Waals surface area contributed by atoms with Crippen LogP contribution >= 0.6 is 0 Å². The lowest BCUT2D eigenvalue weighted by Gasteiger charge is -2.37. The van der Waals surface area contributed by atoms with Gasteiger partial charge in [0.15, 0.2) is 9.84 Å². The monoisotopic (exact) mass is 237 g/mol. The van der Waals surface area contributed by atoms with Crippen molar-refractivity contribution in [3.8, 4) is 0 Å². The van der Waals surface area contributed by atoms with E-state index in [4.69, 9.17) is 0 Å². The molecule has 0 radical (unpaired) electrons. The highest BCUT2D eigenvalue weighted by Gasteiger charge is 2.40. The zero-order valence-corrected chi connectivity index (χ0v) is 9.83. The van der Waals surface area contributed by atoms with Gasteiger partial charge in [-0.3, -0.25) is 0 Å². The quantitative estimate of drug-likeness (QED) is 0.734. The summed E-state index contributed by atoms with van der Waals surface area (Å²) in [7, 11) is -2.89. The molecule has 2 aliphatic rings. The Morgan fingerprint density at radius 2 is 2.06 bits per heavy atom. The van der Waals surface area contributed by atoms with E-state index in [1.165, 1.54) is 11.1 Å². The Hall–Kier alpha value is -0.870. The number of aryl methyl sites for hydroxylation is 1. The molecule has 2 unspecified atom stereocenters. The third-order valence-corrected chi connectivity index (χ3v) is 5.88. The first kappa shape index (κ1) is 10.3. The first-order chi connectivity index (χ1) is 7.68. The molecule has 4 heteroatoms. The number of fused-ring (bicyclic) bond motifs is 3. The van der Waals surface area contributed by atoms with Crippen molar-refractivity contribution in [1.29, 1.82) is 0 Å². The zero-order valence-electron chi connectivity index (χ0n) is 9.02. The number of sulfone groups is 1. The average molecular weight is 237 g/mol. The smallest absolute Gasteiger partial charge is 0.156 e. The fraction of sp³-hybridized carbons (Fsp3) is 0.500. The molecule has 1 aromatic carbocycles. The molecule has 1 N–H and O–H groups in total. The van der Waals surface area contributed by atoms with E-state index in [0.717, 1.165) is 12.8 Å². The summed E-state index contributed by atoms with van der Waals surface area (Å²) >= 11 is 0. The van der Waals surface area contributed by atoms with Crippen LogP contribution in [-0.2, 0) is 16.3 Å². The average Bonchev–Trinajstić information content (AvgIpc) is 2.28. The topological polar surface area (TPSA) is 46.2 Å². The summed E-state index contributed by atoms with van der Waals surface area (Å²) in [5, 5.41) is 3.14. The van der Waals surface area contributed by atoms with Crippen LogP contribution in [0.3, 0.4) is 0 Å². The van der Waals surface area contributed by atoms with Crippen LogP contribution < -0.4 is 5.32 Å². The van der Waals surface area contributed by atoms with Crippen LogP contribution in [0.2, 0.25) is 0 Å². The van der Waals surface area contributed by atoms with Gasteiger partial charge in [0.25, 0.3) is 0 Å². The summed E-state index contributed by atoms with van der Waals surface area (Å²) in [6.45, 7) is 0.581. The molecule has 0 aromatic heterocycles. The zero-order chi connectivity index (χ0) is 11.2. The van der Waals surface area contributed by atoms with Gasteiger partial charge in [0, 0.05) is 12.6 Å². The Labute approximate surface area is 95.8 Å². The molecular formula is C12H15NO2S. The van der Waals surface area contributed by atoms with Crippen molar-refractivity contribution in [2.45, 2.75) is 24.1 Å². The molecule has 1 aliphatic heterocycles. The number of nitrogens with one attached hydrogen (secondary N) is 1. The van der Waals surface area contributed by atoms with Crippen LogP contribution in [0, 0.1) is 0 Å². The maximum Gasteiger partial charge on any atom is 0.156 e. The van der Waals surface area contributed by atoms with E-state index in [2.05, 4.69) is 17.4 Å². The van der Waals surface area contributed by atoms with Crippen molar-refractivity contribution < 1.29 is 8.42 Å². The van der Waals surface area contributed by atoms with Gasteiger partial charge >= 0.3 is 0 Å². The summed E-state index contributed by atoms with van der Waals surface area (Å²) in [5.41, 5.74) is 2.48. The Morgan fingerprint density at radius 1 is 1.25 bits per heavy atom. The van der Waals surface area contributed by atoms with E-state index in [1.54, 1.807) is 0 Å². The Bertz CT molecular complexity index is 510. The van der Waals surface area contributed by atoms with E-state index in [0.29, 0.717) is 6.54 Å². The van der Waals surface area contributed by atoms with Gasteiger partial charge in [-0.05, 0) is 24.0 Å². The summed E-state index contributed by atoms with van der Waals surface area (Å²) in [6, 6.07) is 8.19. The molecule has 16 heavy (non-hydrogen) atoms. The second-order valence-corrected chi connectivity index (χ2v) is 6.91. The summed E-state index contributed by atoms with van der Waals surface area (Å²) < 4.78 is 24.0. The third-order valence-electron chi connectivity index (χ3n) is 3.67. The first-order valence-corrected chi connectivity index (χ1v) is 7.43. The fourth-order valence-electron chi connectivity index (χ4n) is 2.87. The van der Waals surface area contributed by atoms with Gasteiger partial charge in [0.1, 0.15) is 0 Å². The van der Waals surface area contributed by atoms with E-state index in [9.17, 15) is 8.42 Å². The molecule has 1 saturated heterocycles. The van der Waals surface area contributed by atoms with Gasteiger partial charge in [-0.2, -0.15) is 0 Å². The minimum absolute atomic E-state index is 0.0173. The Morgan fingerprint density at radius 3 is 2.94 bits per heavy atom. The third kappa shape index (κ3) is 1.48. The van der Waals surface area contributed by atoms with E-state index in [1.807, 2.05) is 12.1 Å². The number of rotatable bonds is 0. The van der Waals surface area contributed by atoms with Crippen molar-refractivity contribution in [1.82, 2.24) is 5.32 Å². The van der Waals surface area contributed by atoms with Crippen molar-refractivity contribution in [3.63, 3.8) is 0 Å². The summed E-state index contributed by atoms with van der Waals surface area (Å²) in [6.07, 6.45) is 1.65. The second kappa shape index (κ2) is 3.57. The molecule has 1 fully saturated rings.